The zero-order valence-corrected chi connectivity index (χ0v) is 13.2. The molecule has 21 heavy (non-hydrogen) atoms. The maximum Gasteiger partial charge on any atom is 0.335 e. The van der Waals surface area contributed by atoms with Gasteiger partial charge in [-0.2, -0.15) is 11.8 Å². The van der Waals surface area contributed by atoms with E-state index in [1.807, 2.05) is 22.7 Å². The van der Waals surface area contributed by atoms with Crippen LogP contribution in [-0.2, 0) is 11.2 Å². The van der Waals surface area contributed by atoms with E-state index in [9.17, 15) is 9.59 Å². The molecule has 0 saturated carbocycles. The molecule has 1 heterocycles. The normalized spacial score (nSPS) is 18.8. The van der Waals surface area contributed by atoms with E-state index < -0.39 is 5.97 Å². The Morgan fingerprint density at radius 2 is 2.19 bits per heavy atom. The molecule has 0 aromatic heterocycles. The molecule has 1 aliphatic heterocycles. The van der Waals surface area contributed by atoms with Gasteiger partial charge in [0.25, 0.3) is 0 Å². The van der Waals surface area contributed by atoms with Gasteiger partial charge in [0.15, 0.2) is 0 Å². The van der Waals surface area contributed by atoms with Gasteiger partial charge in [-0.25, -0.2) is 4.79 Å². The number of carbonyl (C=O) groups is 2. The van der Waals surface area contributed by atoms with E-state index in [0.717, 1.165) is 24.4 Å². The van der Waals surface area contributed by atoms with E-state index in [4.69, 9.17) is 5.11 Å². The summed E-state index contributed by atoms with van der Waals surface area (Å²) in [5.74, 6) is 0.659. The molecule has 2 rings (SSSR count). The van der Waals surface area contributed by atoms with Crippen molar-refractivity contribution >= 4 is 23.6 Å². The van der Waals surface area contributed by atoms with Gasteiger partial charge in [0.2, 0.25) is 5.91 Å². The highest BCUT2D eigenvalue weighted by Crippen LogP contribution is 2.25. The zero-order chi connectivity index (χ0) is 15.4. The Balaban J connectivity index is 2.01. The van der Waals surface area contributed by atoms with Crippen LogP contribution in [0.4, 0.5) is 0 Å². The first-order valence-electron chi connectivity index (χ1n) is 7.19. The van der Waals surface area contributed by atoms with Crippen LogP contribution in [0.3, 0.4) is 0 Å². The van der Waals surface area contributed by atoms with Gasteiger partial charge in [0.05, 0.1) is 12.0 Å². The number of carbonyl (C=O) groups excluding carboxylic acids is 1. The van der Waals surface area contributed by atoms with Crippen molar-refractivity contribution < 1.29 is 14.7 Å². The Morgan fingerprint density at radius 1 is 1.43 bits per heavy atom. The lowest BCUT2D eigenvalue weighted by Gasteiger charge is -2.34. The second-order valence-electron chi connectivity index (χ2n) is 5.68. The molecule has 1 fully saturated rings. The van der Waals surface area contributed by atoms with Gasteiger partial charge < -0.3 is 10.0 Å². The van der Waals surface area contributed by atoms with Gasteiger partial charge in [-0.15, -0.1) is 0 Å². The lowest BCUT2D eigenvalue weighted by atomic mass is 10.1. The van der Waals surface area contributed by atoms with Gasteiger partial charge in [0, 0.05) is 24.1 Å². The predicted octanol–water partition coefficient (Wildman–Crippen LogP) is 2.53. The number of hydrogen-bond donors (Lipinski definition) is 1. The Kier molecular flexibility index (Phi) is 5.28. The van der Waals surface area contributed by atoms with Crippen molar-refractivity contribution in [3.8, 4) is 0 Å². The number of benzene rings is 1. The topological polar surface area (TPSA) is 57.6 Å². The Labute approximate surface area is 129 Å². The van der Waals surface area contributed by atoms with Crippen molar-refractivity contribution in [2.75, 3.05) is 18.8 Å². The van der Waals surface area contributed by atoms with Gasteiger partial charge in [0.1, 0.15) is 0 Å². The van der Waals surface area contributed by atoms with Gasteiger partial charge >= 0.3 is 5.97 Å². The number of carboxylic acid groups (broad SMARTS) is 1. The first-order chi connectivity index (χ1) is 9.97. The maximum atomic E-state index is 12.4. The number of amides is 1. The SMILES string of the molecule is CC(C)C1CN(C(=O)Cc2cccc(C(=O)O)c2)CCS1. The van der Waals surface area contributed by atoms with Crippen molar-refractivity contribution in [2.24, 2.45) is 5.92 Å². The predicted molar refractivity (Wildman–Crippen MR) is 84.8 cm³/mol. The maximum absolute atomic E-state index is 12.4. The van der Waals surface area contributed by atoms with Crippen molar-refractivity contribution in [1.82, 2.24) is 4.90 Å². The number of hydrogen-bond acceptors (Lipinski definition) is 3. The highest BCUT2D eigenvalue weighted by molar-refractivity contribution is 8.00. The van der Waals surface area contributed by atoms with Crippen LogP contribution in [0.15, 0.2) is 24.3 Å². The lowest BCUT2D eigenvalue weighted by Crippen LogP contribution is -2.44. The van der Waals surface area contributed by atoms with E-state index in [2.05, 4.69) is 13.8 Å². The molecular weight excluding hydrogens is 286 g/mol. The molecule has 1 aliphatic rings. The summed E-state index contributed by atoms with van der Waals surface area (Å²) in [5, 5.41) is 9.48. The minimum absolute atomic E-state index is 0.0866. The second kappa shape index (κ2) is 6.98. The number of carboxylic acids is 1. The third-order valence-electron chi connectivity index (χ3n) is 3.72. The summed E-state index contributed by atoms with van der Waals surface area (Å²) in [7, 11) is 0. The van der Waals surface area contributed by atoms with E-state index in [1.54, 1.807) is 18.2 Å². The molecule has 114 valence electrons. The van der Waals surface area contributed by atoms with E-state index in [-0.39, 0.29) is 17.9 Å². The first kappa shape index (κ1) is 15.9. The minimum Gasteiger partial charge on any atom is -0.478 e. The number of rotatable bonds is 4. The summed E-state index contributed by atoms with van der Waals surface area (Å²) in [6.07, 6.45) is 0.274. The van der Waals surface area contributed by atoms with E-state index in [1.165, 1.54) is 0 Å². The molecule has 5 heteroatoms. The Morgan fingerprint density at radius 3 is 2.86 bits per heavy atom. The second-order valence-corrected chi connectivity index (χ2v) is 7.02. The van der Waals surface area contributed by atoms with Crippen LogP contribution in [0.2, 0.25) is 0 Å². The van der Waals surface area contributed by atoms with Crippen LogP contribution in [0.5, 0.6) is 0 Å². The Bertz CT molecular complexity index is 530. The van der Waals surface area contributed by atoms with Gasteiger partial charge in [-0.1, -0.05) is 26.0 Å². The van der Waals surface area contributed by atoms with E-state index in [0.29, 0.717) is 11.2 Å². The quantitative estimate of drug-likeness (QED) is 0.928. The largest absolute Gasteiger partial charge is 0.478 e. The van der Waals surface area contributed by atoms with Crippen molar-refractivity contribution in [2.45, 2.75) is 25.5 Å². The highest BCUT2D eigenvalue weighted by Gasteiger charge is 2.26. The Hall–Kier alpha value is -1.49. The van der Waals surface area contributed by atoms with Crippen LogP contribution in [0.1, 0.15) is 29.8 Å². The average Bonchev–Trinajstić information content (AvgIpc) is 2.47. The van der Waals surface area contributed by atoms with Crippen LogP contribution >= 0.6 is 11.8 Å². The molecule has 1 saturated heterocycles. The molecule has 1 N–H and O–H groups in total. The summed E-state index contributed by atoms with van der Waals surface area (Å²) in [6.45, 7) is 5.94. The smallest absolute Gasteiger partial charge is 0.335 e. The highest BCUT2D eigenvalue weighted by atomic mass is 32.2. The minimum atomic E-state index is -0.960. The number of aromatic carboxylic acids is 1. The molecule has 4 nitrogen and oxygen atoms in total. The standard InChI is InChI=1S/C16H21NO3S/c1-11(2)14-10-17(6-7-21-14)15(18)9-12-4-3-5-13(8-12)16(19)20/h3-5,8,11,14H,6-7,9-10H2,1-2H3,(H,19,20). The third-order valence-corrected chi connectivity index (χ3v) is 5.26. The van der Waals surface area contributed by atoms with Crippen molar-refractivity contribution in [3.05, 3.63) is 35.4 Å². The monoisotopic (exact) mass is 307 g/mol. The number of thioether (sulfide) groups is 1. The number of nitrogens with zero attached hydrogens (tertiary/aromatic N) is 1. The molecule has 1 aromatic rings. The summed E-state index contributed by atoms with van der Waals surface area (Å²) >= 11 is 1.93. The summed E-state index contributed by atoms with van der Waals surface area (Å²) < 4.78 is 0. The van der Waals surface area contributed by atoms with Gasteiger partial charge in [-0.3, -0.25) is 4.79 Å². The lowest BCUT2D eigenvalue weighted by molar-refractivity contribution is -0.130. The zero-order valence-electron chi connectivity index (χ0n) is 12.4. The first-order valence-corrected chi connectivity index (χ1v) is 8.24. The van der Waals surface area contributed by atoms with Crippen LogP contribution in [0.25, 0.3) is 0 Å². The molecular formula is C16H21NO3S. The molecule has 1 amide bonds. The molecule has 1 unspecified atom stereocenters. The molecule has 1 aromatic carbocycles. The van der Waals surface area contributed by atoms with Crippen LogP contribution in [0, 0.1) is 5.92 Å². The van der Waals surface area contributed by atoms with Crippen LogP contribution < -0.4 is 0 Å². The fourth-order valence-corrected chi connectivity index (χ4v) is 3.70. The van der Waals surface area contributed by atoms with Crippen molar-refractivity contribution in [1.29, 1.82) is 0 Å². The van der Waals surface area contributed by atoms with Gasteiger partial charge in [-0.05, 0) is 23.6 Å². The summed E-state index contributed by atoms with van der Waals surface area (Å²) in [6, 6.07) is 6.62. The molecule has 0 bridgehead atoms. The molecule has 0 radical (unpaired) electrons. The summed E-state index contributed by atoms with van der Waals surface area (Å²) in [4.78, 5) is 25.3. The fraction of sp³-hybridized carbons (Fsp3) is 0.500. The van der Waals surface area contributed by atoms with Crippen molar-refractivity contribution in [3.63, 3.8) is 0 Å². The van der Waals surface area contributed by atoms with Crippen LogP contribution in [-0.4, -0.2) is 46.0 Å². The summed E-state index contributed by atoms with van der Waals surface area (Å²) in [5.41, 5.74) is 0.994. The molecule has 0 spiro atoms. The third kappa shape index (κ3) is 4.24. The average molecular weight is 307 g/mol. The van der Waals surface area contributed by atoms with E-state index >= 15 is 0 Å². The molecule has 0 aliphatic carbocycles. The molecule has 1 atom stereocenters. The fourth-order valence-electron chi connectivity index (χ4n) is 2.41.